The highest BCUT2D eigenvalue weighted by Gasteiger charge is 2.31. The number of nitrogens with zero attached hydrogens (tertiary/aromatic N) is 1. The quantitative estimate of drug-likeness (QED) is 0.819. The van der Waals surface area contributed by atoms with Crippen molar-refractivity contribution >= 4 is 18.5 Å². The molecular weight excluding hydrogens is 274 g/mol. The van der Waals surface area contributed by atoms with Crippen molar-refractivity contribution in [3.63, 3.8) is 0 Å². The van der Waals surface area contributed by atoms with Gasteiger partial charge in [-0.25, -0.2) is 0 Å². The summed E-state index contributed by atoms with van der Waals surface area (Å²) in [5.74, 6) is 0.00596. The highest BCUT2D eigenvalue weighted by atomic mass is 32.1. The molecule has 1 aliphatic heterocycles. The third-order valence-corrected chi connectivity index (χ3v) is 3.95. The Hall–Kier alpha value is -1.04. The molecule has 0 spiro atoms. The monoisotopic (exact) mass is 295 g/mol. The number of ether oxygens (including phenoxy) is 1. The number of carbonyl (C=O) groups is 1. The molecule has 3 atom stereocenters. The molecule has 1 N–H and O–H groups in total. The lowest BCUT2D eigenvalue weighted by Crippen LogP contribution is -2.54. The molecule has 0 aliphatic carbocycles. The van der Waals surface area contributed by atoms with E-state index in [1.807, 2.05) is 37.3 Å². The van der Waals surface area contributed by atoms with Gasteiger partial charge in [0.2, 0.25) is 5.91 Å². The van der Waals surface area contributed by atoms with E-state index in [1.165, 1.54) is 0 Å². The number of benzene rings is 1. The van der Waals surface area contributed by atoms with E-state index < -0.39 is 0 Å². The maximum Gasteiger partial charge on any atom is 0.236 e. The number of carbonyl (C=O) groups excluding carboxylic acids is 1. The van der Waals surface area contributed by atoms with Crippen LogP contribution in [0.25, 0.3) is 0 Å². The van der Waals surface area contributed by atoms with Crippen molar-refractivity contribution in [2.75, 3.05) is 19.8 Å². The van der Waals surface area contributed by atoms with Crippen molar-refractivity contribution in [2.24, 2.45) is 0 Å². The summed E-state index contributed by atoms with van der Waals surface area (Å²) < 4.78 is 5.45. The van der Waals surface area contributed by atoms with Crippen LogP contribution in [0.1, 0.15) is 12.5 Å². The summed E-state index contributed by atoms with van der Waals surface area (Å²) in [4.78, 5) is 14.3. The summed E-state index contributed by atoms with van der Waals surface area (Å²) in [5, 5.41) is 8.80. The average Bonchev–Trinajstić information content (AvgIpc) is 2.48. The van der Waals surface area contributed by atoms with Crippen molar-refractivity contribution in [3.05, 3.63) is 35.9 Å². The highest BCUT2D eigenvalue weighted by molar-refractivity contribution is 7.81. The third-order valence-electron chi connectivity index (χ3n) is 3.55. The van der Waals surface area contributed by atoms with Crippen molar-refractivity contribution in [3.8, 4) is 0 Å². The van der Waals surface area contributed by atoms with Crippen LogP contribution in [0.2, 0.25) is 0 Å². The SMILES string of the molecule is CC1COC(CO)CN1C(=O)C(S)Cc1ccccc1. The van der Waals surface area contributed by atoms with Crippen molar-refractivity contribution < 1.29 is 14.6 Å². The van der Waals surface area contributed by atoms with Gasteiger partial charge in [0, 0.05) is 6.54 Å². The van der Waals surface area contributed by atoms with Crippen LogP contribution in [0.5, 0.6) is 0 Å². The first-order valence-corrected chi connectivity index (χ1v) is 7.38. The molecule has 20 heavy (non-hydrogen) atoms. The van der Waals surface area contributed by atoms with Gasteiger partial charge in [0.05, 0.1) is 30.6 Å². The lowest BCUT2D eigenvalue weighted by atomic mass is 10.1. The van der Waals surface area contributed by atoms with Gasteiger partial charge in [0.25, 0.3) is 0 Å². The number of hydrogen-bond acceptors (Lipinski definition) is 4. The summed E-state index contributed by atoms with van der Waals surface area (Å²) in [7, 11) is 0. The van der Waals surface area contributed by atoms with Crippen LogP contribution in [0.3, 0.4) is 0 Å². The normalized spacial score (nSPS) is 24.4. The number of aliphatic hydroxyl groups excluding tert-OH is 1. The first kappa shape index (κ1) is 15.4. The summed E-state index contributed by atoms with van der Waals surface area (Å²) >= 11 is 4.45. The Labute approximate surface area is 125 Å². The predicted octanol–water partition coefficient (Wildman–Crippen LogP) is 1.14. The molecule has 4 nitrogen and oxygen atoms in total. The number of aliphatic hydroxyl groups is 1. The van der Waals surface area contributed by atoms with Gasteiger partial charge in [0.1, 0.15) is 0 Å². The van der Waals surface area contributed by atoms with Gasteiger partial charge >= 0.3 is 0 Å². The molecule has 1 amide bonds. The van der Waals surface area contributed by atoms with Crippen LogP contribution in [-0.2, 0) is 16.0 Å². The van der Waals surface area contributed by atoms with Gasteiger partial charge in [-0.1, -0.05) is 30.3 Å². The molecule has 1 aromatic carbocycles. The number of morpholine rings is 1. The topological polar surface area (TPSA) is 49.8 Å². The summed E-state index contributed by atoms with van der Waals surface area (Å²) in [5.41, 5.74) is 1.10. The first-order chi connectivity index (χ1) is 9.61. The molecule has 0 bridgehead atoms. The van der Waals surface area contributed by atoms with E-state index in [9.17, 15) is 4.79 Å². The Kier molecular flexibility index (Phi) is 5.46. The van der Waals surface area contributed by atoms with Gasteiger partial charge in [-0.15, -0.1) is 0 Å². The number of amides is 1. The second-order valence-corrected chi connectivity index (χ2v) is 5.81. The Balaban J connectivity index is 1.98. The smallest absolute Gasteiger partial charge is 0.236 e. The minimum absolute atomic E-state index is 0.00596. The third kappa shape index (κ3) is 3.75. The van der Waals surface area contributed by atoms with Crippen molar-refractivity contribution in [1.82, 2.24) is 4.90 Å². The largest absolute Gasteiger partial charge is 0.394 e. The van der Waals surface area contributed by atoms with Crippen LogP contribution in [0.15, 0.2) is 30.3 Å². The number of rotatable bonds is 4. The Morgan fingerprint density at radius 3 is 2.85 bits per heavy atom. The van der Waals surface area contributed by atoms with Crippen LogP contribution in [0, 0.1) is 0 Å². The van der Waals surface area contributed by atoms with Crippen molar-refractivity contribution in [1.29, 1.82) is 0 Å². The second kappa shape index (κ2) is 7.11. The fourth-order valence-electron chi connectivity index (χ4n) is 2.35. The van der Waals surface area contributed by atoms with E-state index in [0.717, 1.165) is 5.56 Å². The van der Waals surface area contributed by atoms with Crippen LogP contribution < -0.4 is 0 Å². The van der Waals surface area contributed by atoms with E-state index in [1.54, 1.807) is 4.90 Å². The van der Waals surface area contributed by atoms with E-state index in [-0.39, 0.29) is 29.9 Å². The first-order valence-electron chi connectivity index (χ1n) is 6.86. The molecule has 1 fully saturated rings. The van der Waals surface area contributed by atoms with Gasteiger partial charge in [0.15, 0.2) is 0 Å². The van der Waals surface area contributed by atoms with Gasteiger partial charge in [-0.2, -0.15) is 12.6 Å². The summed E-state index contributed by atoms with van der Waals surface area (Å²) in [6, 6.07) is 9.88. The molecule has 3 unspecified atom stereocenters. The molecule has 1 aliphatic rings. The van der Waals surface area contributed by atoms with E-state index in [0.29, 0.717) is 19.6 Å². The Bertz CT molecular complexity index is 440. The average molecular weight is 295 g/mol. The fourth-order valence-corrected chi connectivity index (χ4v) is 2.71. The lowest BCUT2D eigenvalue weighted by Gasteiger charge is -2.38. The zero-order valence-corrected chi connectivity index (χ0v) is 12.5. The maximum atomic E-state index is 12.5. The minimum Gasteiger partial charge on any atom is -0.394 e. The molecule has 1 aromatic rings. The minimum atomic E-state index is -0.364. The molecule has 1 heterocycles. The van der Waals surface area contributed by atoms with Gasteiger partial charge < -0.3 is 14.7 Å². The number of hydrogen-bond donors (Lipinski definition) is 2. The Morgan fingerprint density at radius 2 is 2.20 bits per heavy atom. The van der Waals surface area contributed by atoms with Crippen LogP contribution in [-0.4, -0.2) is 53.1 Å². The van der Waals surface area contributed by atoms with E-state index in [2.05, 4.69) is 12.6 Å². The molecular formula is C15H21NO3S. The van der Waals surface area contributed by atoms with Crippen LogP contribution in [0.4, 0.5) is 0 Å². The standard InChI is InChI=1S/C15H21NO3S/c1-11-10-19-13(9-17)8-16(11)15(18)14(20)7-12-5-3-2-4-6-12/h2-6,11,13-14,17,20H,7-10H2,1H3. The molecule has 110 valence electrons. The van der Waals surface area contributed by atoms with Crippen molar-refractivity contribution in [2.45, 2.75) is 30.7 Å². The predicted molar refractivity (Wildman–Crippen MR) is 80.9 cm³/mol. The molecule has 1 saturated heterocycles. The fraction of sp³-hybridized carbons (Fsp3) is 0.533. The second-order valence-electron chi connectivity index (χ2n) is 5.18. The lowest BCUT2D eigenvalue weighted by molar-refractivity contribution is -0.145. The highest BCUT2D eigenvalue weighted by Crippen LogP contribution is 2.17. The molecule has 5 heteroatoms. The number of thiol groups is 1. The van der Waals surface area contributed by atoms with E-state index >= 15 is 0 Å². The zero-order chi connectivity index (χ0) is 14.5. The molecule has 2 rings (SSSR count). The van der Waals surface area contributed by atoms with Gasteiger partial charge in [-0.05, 0) is 18.9 Å². The summed E-state index contributed by atoms with van der Waals surface area (Å²) in [6.45, 7) is 2.78. The maximum absolute atomic E-state index is 12.5. The molecule has 0 radical (unpaired) electrons. The summed E-state index contributed by atoms with van der Waals surface area (Å²) in [6.07, 6.45) is 0.323. The zero-order valence-electron chi connectivity index (χ0n) is 11.6. The van der Waals surface area contributed by atoms with Gasteiger partial charge in [-0.3, -0.25) is 4.79 Å². The Morgan fingerprint density at radius 1 is 1.50 bits per heavy atom. The van der Waals surface area contributed by atoms with Crippen LogP contribution >= 0.6 is 12.6 Å². The molecule has 0 saturated carbocycles. The molecule has 0 aromatic heterocycles. The van der Waals surface area contributed by atoms with E-state index in [4.69, 9.17) is 9.84 Å².